The first-order chi connectivity index (χ1) is 19.8. The molecule has 42 heavy (non-hydrogen) atoms. The van der Waals surface area contributed by atoms with Gasteiger partial charge in [0.15, 0.2) is 5.78 Å². The second-order valence-corrected chi connectivity index (χ2v) is 13.8. The number of carbonyl (C=O) groups is 1. The van der Waals surface area contributed by atoms with E-state index in [1.54, 1.807) is 0 Å². The van der Waals surface area contributed by atoms with Gasteiger partial charge in [0.25, 0.3) is 0 Å². The number of hydrogen-bond acceptors (Lipinski definition) is 3. The Morgan fingerprint density at radius 2 is 1.60 bits per heavy atom. The molecule has 6 rings (SSSR count). The molecule has 1 radical (unpaired) electrons. The number of aliphatic hydroxyl groups is 1. The van der Waals surface area contributed by atoms with Gasteiger partial charge in [0.05, 0.1) is 5.76 Å². The topological polar surface area (TPSA) is 50.2 Å². The van der Waals surface area contributed by atoms with Crippen molar-refractivity contribution in [3.05, 3.63) is 89.8 Å². The molecule has 3 nitrogen and oxygen atoms in total. The second-order valence-electron chi connectivity index (χ2n) is 11.6. The summed E-state index contributed by atoms with van der Waals surface area (Å²) in [6, 6.07) is 23.4. The fraction of sp³-hybridized carbons (Fsp3) is 0.351. The summed E-state index contributed by atoms with van der Waals surface area (Å²) in [4.78, 5) is 16.7. The minimum absolute atomic E-state index is 0. The molecule has 1 N–H and O–H groups in total. The van der Waals surface area contributed by atoms with Crippen molar-refractivity contribution >= 4 is 50.4 Å². The minimum atomic E-state index is -0.112. The maximum atomic E-state index is 11.7. The Kier molecular flexibility index (Phi) is 10.3. The van der Waals surface area contributed by atoms with Crippen molar-refractivity contribution in [2.24, 2.45) is 11.8 Å². The van der Waals surface area contributed by atoms with E-state index in [1.165, 1.54) is 52.8 Å². The molecule has 1 aliphatic carbocycles. The van der Waals surface area contributed by atoms with Crippen molar-refractivity contribution in [2.45, 2.75) is 72.6 Å². The molecule has 0 fully saturated rings. The molecule has 221 valence electrons. The van der Waals surface area contributed by atoms with Gasteiger partial charge in [0.1, 0.15) is 0 Å². The number of rotatable bonds is 7. The number of benzene rings is 3. The van der Waals surface area contributed by atoms with Gasteiger partial charge in [0.2, 0.25) is 0 Å². The molecule has 5 heteroatoms. The third-order valence-corrected chi connectivity index (χ3v) is 11.2. The van der Waals surface area contributed by atoms with E-state index in [1.807, 2.05) is 33.9 Å². The van der Waals surface area contributed by atoms with E-state index in [0.29, 0.717) is 14.5 Å². The summed E-state index contributed by atoms with van der Waals surface area (Å²) in [5, 5.41) is 15.1. The first kappa shape index (κ1) is 32.4. The van der Waals surface area contributed by atoms with E-state index in [9.17, 15) is 9.90 Å². The van der Waals surface area contributed by atoms with Crippen LogP contribution in [0.2, 0.25) is 0 Å². The third kappa shape index (κ3) is 5.70. The number of allylic oxidation sites excluding steroid dienone is 2. The zero-order chi connectivity index (χ0) is 29.3. The monoisotopic (exact) mass is 803 g/mol. The van der Waals surface area contributed by atoms with Crippen LogP contribution in [0.1, 0.15) is 78.4 Å². The molecule has 0 saturated heterocycles. The molecule has 2 heterocycles. The van der Waals surface area contributed by atoms with Crippen LogP contribution in [0, 0.1) is 17.9 Å². The quantitative estimate of drug-likeness (QED) is 0.0773. The average molecular weight is 802 g/mol. The van der Waals surface area contributed by atoms with Gasteiger partial charge in [-0.25, -0.2) is 0 Å². The molecule has 3 aromatic carbocycles. The zero-order valence-corrected chi connectivity index (χ0v) is 29.5. The first-order valence-corrected chi connectivity index (χ1v) is 16.7. The van der Waals surface area contributed by atoms with Gasteiger partial charge >= 0.3 is 158 Å². The molecule has 0 saturated carbocycles. The van der Waals surface area contributed by atoms with Crippen LogP contribution in [0.3, 0.4) is 0 Å². The Balaban J connectivity index is 0.000000221. The Labute approximate surface area is 269 Å². The van der Waals surface area contributed by atoms with Crippen LogP contribution in [0.15, 0.2) is 72.6 Å². The van der Waals surface area contributed by atoms with Gasteiger partial charge in [-0.1, -0.05) is 27.7 Å². The number of hydrogen-bond donors (Lipinski definition) is 1. The smallest absolute Gasteiger partial charge is 0.162 e. The Hall–Kier alpha value is -2.55. The zero-order valence-electron chi connectivity index (χ0n) is 25.4. The summed E-state index contributed by atoms with van der Waals surface area (Å²) in [7, 11) is 0. The predicted octanol–water partition coefficient (Wildman–Crippen LogP) is 9.57. The van der Waals surface area contributed by atoms with Crippen LogP contribution >= 0.6 is 0 Å². The van der Waals surface area contributed by atoms with Gasteiger partial charge < -0.3 is 5.11 Å². The summed E-state index contributed by atoms with van der Waals surface area (Å²) in [5.74, 6) is 0.547. The summed E-state index contributed by atoms with van der Waals surface area (Å²) in [6.45, 7) is 12.8. The minimum Gasteiger partial charge on any atom is -0.512 e. The molecule has 0 atom stereocenters. The van der Waals surface area contributed by atoms with Gasteiger partial charge in [-0.3, -0.25) is 4.79 Å². The van der Waals surface area contributed by atoms with Crippen molar-refractivity contribution in [2.75, 3.05) is 0 Å². The summed E-state index contributed by atoms with van der Waals surface area (Å²) in [5.41, 5.74) is 4.93. The maximum absolute atomic E-state index is 11.7. The number of pyridine rings is 1. The molecule has 0 aliphatic heterocycles. The van der Waals surface area contributed by atoms with Crippen LogP contribution < -0.4 is 0 Å². The largest absolute Gasteiger partial charge is 0.512 e. The van der Waals surface area contributed by atoms with E-state index in [0.717, 1.165) is 31.4 Å². The van der Waals surface area contributed by atoms with Crippen molar-refractivity contribution in [3.63, 3.8) is 0 Å². The number of carbonyl (C=O) groups excluding carboxylic acids is 1. The number of aliphatic hydroxyl groups excluding tert-OH is 1. The molecule has 0 unspecified atom stereocenters. The fourth-order valence-corrected chi connectivity index (χ4v) is 8.80. The summed E-state index contributed by atoms with van der Waals surface area (Å²) in [6.07, 6.45) is 6.93. The Bertz CT molecular complexity index is 1760. The van der Waals surface area contributed by atoms with Crippen molar-refractivity contribution < 1.29 is 30.0 Å². The first-order valence-electron chi connectivity index (χ1n) is 15.0. The maximum Gasteiger partial charge on any atom is 0.162 e. The van der Waals surface area contributed by atoms with E-state index >= 15 is 0 Å². The Morgan fingerprint density at radius 1 is 0.929 bits per heavy atom. The normalized spacial score (nSPS) is 13.7. The molecule has 2 aromatic heterocycles. The van der Waals surface area contributed by atoms with E-state index in [4.69, 9.17) is 4.98 Å². The number of ketones is 1. The molecule has 0 spiro atoms. The van der Waals surface area contributed by atoms with Crippen LogP contribution in [0.4, 0.5) is 0 Å². The van der Waals surface area contributed by atoms with Crippen LogP contribution in [0.25, 0.3) is 41.3 Å². The predicted molar refractivity (Wildman–Crippen MR) is 174 cm³/mol. The summed E-state index contributed by atoms with van der Waals surface area (Å²) < 4.78 is 2.96. The van der Waals surface area contributed by atoms with E-state index in [2.05, 4.69) is 74.5 Å². The van der Waals surface area contributed by atoms with E-state index < -0.39 is 0 Å². The van der Waals surface area contributed by atoms with Crippen molar-refractivity contribution in [1.82, 2.24) is 4.98 Å². The number of fused-ring (bicyclic) bond motifs is 4. The summed E-state index contributed by atoms with van der Waals surface area (Å²) >= 11 is 0.370. The number of nitrogens with zero attached hydrogens (tertiary/aromatic N) is 1. The Morgan fingerprint density at radius 3 is 2.29 bits per heavy atom. The molecular formula is C37H40IrNO2Se-. The fourth-order valence-electron chi connectivity index (χ4n) is 6.41. The second kappa shape index (κ2) is 13.4. The number of aromatic nitrogens is 1. The standard InChI is InChI=1S/C24H16NSe.C13H24O2.Ir/c1-24(2)17-10-6-12-19-21(17)20-16(9-5-11-18(20)26-19)23-22(24)15-8-4-3-7-14(15)13-25-23;1-5-10(6-2)12(14)9-13(15)11(7-3)8-4;/h3-8,10-13H,1-2H3;9-11,14H,5-8H2,1-4H3;/q-1;;/b;12-9-;. The van der Waals surface area contributed by atoms with Crippen LogP contribution in [-0.4, -0.2) is 30.4 Å². The van der Waals surface area contributed by atoms with Crippen LogP contribution in [-0.2, 0) is 30.3 Å². The van der Waals surface area contributed by atoms with Crippen molar-refractivity contribution in [3.8, 4) is 11.3 Å². The average Bonchev–Trinajstić information content (AvgIpc) is 3.33. The van der Waals surface area contributed by atoms with Gasteiger partial charge in [-0.15, -0.1) is 0 Å². The molecule has 1 aliphatic rings. The third-order valence-electron chi connectivity index (χ3n) is 8.87. The SMILES string of the molecule is CC1(C)c2c(ncc3ccccc23)-c2[c-]ccc3[se]c4cccc1c4c23.CCC(CC)C(=O)/C=C(\O)C(CC)CC.[Ir]. The molecule has 0 amide bonds. The molecular weight excluding hydrogens is 762 g/mol. The van der Waals surface area contributed by atoms with Gasteiger partial charge in [0, 0.05) is 38.0 Å². The van der Waals surface area contributed by atoms with Gasteiger partial charge in [-0.2, -0.15) is 0 Å². The van der Waals surface area contributed by atoms with Crippen molar-refractivity contribution in [1.29, 1.82) is 0 Å². The van der Waals surface area contributed by atoms with E-state index in [-0.39, 0.29) is 48.9 Å². The molecule has 5 aromatic rings. The molecule has 0 bridgehead atoms. The van der Waals surface area contributed by atoms with Crippen LogP contribution in [0.5, 0.6) is 0 Å². The van der Waals surface area contributed by atoms with Gasteiger partial charge in [-0.05, 0) is 25.7 Å².